The number of carbonyl (C=O) groups is 1. The van der Waals surface area contributed by atoms with Crippen LogP contribution in [0.15, 0.2) is 12.1 Å². The van der Waals surface area contributed by atoms with Crippen molar-refractivity contribution in [3.63, 3.8) is 0 Å². The number of ether oxygens (including phenoxy) is 3. The molecular weight excluding hydrogens is 286 g/mol. The monoisotopic (exact) mass is 297 g/mol. The van der Waals surface area contributed by atoms with Gasteiger partial charge in [-0.15, -0.1) is 11.3 Å². The van der Waals surface area contributed by atoms with Crippen LogP contribution >= 0.6 is 11.3 Å². The number of esters is 1. The van der Waals surface area contributed by atoms with E-state index in [9.17, 15) is 14.9 Å². The zero-order valence-corrected chi connectivity index (χ0v) is 11.8. The fraction of sp³-hybridized carbons (Fsp3) is 0.250. The summed E-state index contributed by atoms with van der Waals surface area (Å²) in [6.07, 6.45) is 0. The van der Waals surface area contributed by atoms with Crippen LogP contribution in [0.1, 0.15) is 9.67 Å². The minimum absolute atomic E-state index is 0.103. The van der Waals surface area contributed by atoms with Crippen LogP contribution < -0.4 is 9.47 Å². The number of nitro benzene ring substituents is 1. The van der Waals surface area contributed by atoms with Crippen molar-refractivity contribution in [2.75, 3.05) is 21.3 Å². The van der Waals surface area contributed by atoms with Gasteiger partial charge in [0.2, 0.25) is 5.75 Å². The summed E-state index contributed by atoms with van der Waals surface area (Å²) in [5, 5.41) is 11.6. The van der Waals surface area contributed by atoms with E-state index in [1.807, 2.05) is 0 Å². The molecule has 0 fully saturated rings. The molecule has 0 saturated carbocycles. The van der Waals surface area contributed by atoms with Gasteiger partial charge in [0.25, 0.3) is 0 Å². The standard InChI is InChI=1S/C12H11NO6S/c1-17-8-5-7(13(15)16)10(18-2)11-6(8)4-9(20-11)12(14)19-3/h4-5H,1-3H3. The van der Waals surface area contributed by atoms with Crippen LogP contribution in [0.4, 0.5) is 5.69 Å². The number of hydrogen-bond acceptors (Lipinski definition) is 7. The van der Waals surface area contributed by atoms with Crippen molar-refractivity contribution in [3.05, 3.63) is 27.1 Å². The van der Waals surface area contributed by atoms with Gasteiger partial charge >= 0.3 is 11.7 Å². The fourth-order valence-corrected chi connectivity index (χ4v) is 2.94. The molecule has 0 atom stereocenters. The van der Waals surface area contributed by atoms with E-state index >= 15 is 0 Å². The lowest BCUT2D eigenvalue weighted by Gasteiger charge is -2.06. The number of methoxy groups -OCH3 is 3. The molecule has 0 saturated heterocycles. The maximum atomic E-state index is 11.6. The molecule has 0 aliphatic heterocycles. The van der Waals surface area contributed by atoms with E-state index in [-0.39, 0.29) is 11.4 Å². The van der Waals surface area contributed by atoms with E-state index < -0.39 is 10.9 Å². The lowest BCUT2D eigenvalue weighted by atomic mass is 10.2. The van der Waals surface area contributed by atoms with Crippen molar-refractivity contribution in [1.29, 1.82) is 0 Å². The summed E-state index contributed by atoms with van der Waals surface area (Å²) in [5.41, 5.74) is -0.213. The largest absolute Gasteiger partial charge is 0.496 e. The molecule has 1 aromatic heterocycles. The van der Waals surface area contributed by atoms with Gasteiger partial charge in [-0.05, 0) is 6.07 Å². The molecule has 1 aromatic carbocycles. The van der Waals surface area contributed by atoms with Gasteiger partial charge in [0, 0.05) is 5.39 Å². The average Bonchev–Trinajstić information content (AvgIpc) is 2.89. The Morgan fingerprint density at radius 2 is 1.95 bits per heavy atom. The molecule has 0 N–H and O–H groups in total. The second-order valence-electron chi connectivity index (χ2n) is 3.73. The molecule has 0 bridgehead atoms. The van der Waals surface area contributed by atoms with E-state index in [2.05, 4.69) is 4.74 Å². The second kappa shape index (κ2) is 5.33. The van der Waals surface area contributed by atoms with Gasteiger partial charge in [-0.25, -0.2) is 4.79 Å². The maximum Gasteiger partial charge on any atom is 0.348 e. The minimum Gasteiger partial charge on any atom is -0.496 e. The molecule has 1 heterocycles. The van der Waals surface area contributed by atoms with Crippen molar-refractivity contribution in [1.82, 2.24) is 0 Å². The zero-order chi connectivity index (χ0) is 14.9. The number of benzene rings is 1. The number of nitrogens with zero attached hydrogens (tertiary/aromatic N) is 1. The Balaban J connectivity index is 2.82. The van der Waals surface area contributed by atoms with Gasteiger partial charge in [-0.1, -0.05) is 0 Å². The van der Waals surface area contributed by atoms with Gasteiger partial charge in [0.05, 0.1) is 37.0 Å². The Labute approximate surface area is 117 Å². The van der Waals surface area contributed by atoms with Gasteiger partial charge in [-0.2, -0.15) is 0 Å². The van der Waals surface area contributed by atoms with Gasteiger partial charge in [0.1, 0.15) is 10.6 Å². The number of thiophene rings is 1. The number of nitro groups is 1. The van der Waals surface area contributed by atoms with Gasteiger partial charge in [-0.3, -0.25) is 10.1 Å². The van der Waals surface area contributed by atoms with Crippen molar-refractivity contribution in [2.45, 2.75) is 0 Å². The number of fused-ring (bicyclic) bond motifs is 1. The molecule has 106 valence electrons. The molecule has 0 radical (unpaired) electrons. The number of rotatable bonds is 4. The van der Waals surface area contributed by atoms with Crippen LogP contribution in [-0.2, 0) is 4.74 Å². The Kier molecular flexibility index (Phi) is 3.75. The highest BCUT2D eigenvalue weighted by Crippen LogP contribution is 2.45. The van der Waals surface area contributed by atoms with Crippen molar-refractivity contribution < 1.29 is 23.9 Å². The van der Waals surface area contributed by atoms with Crippen LogP contribution in [0.5, 0.6) is 11.5 Å². The van der Waals surface area contributed by atoms with Crippen molar-refractivity contribution in [2.24, 2.45) is 0 Å². The van der Waals surface area contributed by atoms with E-state index in [1.54, 1.807) is 6.07 Å². The second-order valence-corrected chi connectivity index (χ2v) is 4.79. The predicted octanol–water partition coefficient (Wildman–Crippen LogP) is 2.61. The first-order valence-electron chi connectivity index (χ1n) is 5.44. The van der Waals surface area contributed by atoms with Crippen LogP contribution in [0.2, 0.25) is 0 Å². The van der Waals surface area contributed by atoms with Crippen LogP contribution in [0, 0.1) is 10.1 Å². The summed E-state index contributed by atoms with van der Waals surface area (Å²) in [5.74, 6) is -0.109. The van der Waals surface area contributed by atoms with Crippen LogP contribution in [0.25, 0.3) is 10.1 Å². The summed E-state index contributed by atoms with van der Waals surface area (Å²) < 4.78 is 15.4. The smallest absolute Gasteiger partial charge is 0.348 e. The molecule has 7 nitrogen and oxygen atoms in total. The Morgan fingerprint density at radius 1 is 1.25 bits per heavy atom. The van der Waals surface area contributed by atoms with Crippen molar-refractivity contribution in [3.8, 4) is 11.5 Å². The molecule has 8 heteroatoms. The summed E-state index contributed by atoms with van der Waals surface area (Å²) in [7, 11) is 4.01. The number of hydrogen-bond donors (Lipinski definition) is 0. The third-order valence-electron chi connectivity index (χ3n) is 2.71. The molecule has 0 aliphatic rings. The van der Waals surface area contributed by atoms with Crippen LogP contribution in [-0.4, -0.2) is 32.2 Å². The van der Waals surface area contributed by atoms with Gasteiger partial charge in [0.15, 0.2) is 0 Å². The molecule has 0 amide bonds. The Bertz CT molecular complexity index is 693. The maximum absolute atomic E-state index is 11.6. The third kappa shape index (κ3) is 2.14. The van der Waals surface area contributed by atoms with E-state index in [0.717, 1.165) is 11.3 Å². The van der Waals surface area contributed by atoms with Gasteiger partial charge < -0.3 is 14.2 Å². The first-order valence-corrected chi connectivity index (χ1v) is 6.26. The highest BCUT2D eigenvalue weighted by atomic mass is 32.1. The third-order valence-corrected chi connectivity index (χ3v) is 3.83. The van der Waals surface area contributed by atoms with Crippen LogP contribution in [0.3, 0.4) is 0 Å². The van der Waals surface area contributed by atoms with E-state index in [1.165, 1.54) is 27.4 Å². The highest BCUT2D eigenvalue weighted by Gasteiger charge is 2.25. The Hall–Kier alpha value is -2.35. The molecule has 0 aliphatic carbocycles. The average molecular weight is 297 g/mol. The summed E-state index contributed by atoms with van der Waals surface area (Å²) in [4.78, 5) is 22.4. The topological polar surface area (TPSA) is 87.9 Å². The first kappa shape index (κ1) is 14.1. The summed E-state index contributed by atoms with van der Waals surface area (Å²) in [6, 6.07) is 2.84. The summed E-state index contributed by atoms with van der Waals surface area (Å²) >= 11 is 1.06. The molecule has 2 aromatic rings. The normalized spacial score (nSPS) is 10.3. The molecule has 0 spiro atoms. The molecule has 0 unspecified atom stereocenters. The molecule has 2 rings (SSSR count). The SMILES string of the molecule is COC(=O)c1cc2c(OC)cc([N+](=O)[O-])c(OC)c2s1. The quantitative estimate of drug-likeness (QED) is 0.489. The number of carbonyl (C=O) groups excluding carboxylic acids is 1. The van der Waals surface area contributed by atoms with Crippen molar-refractivity contribution >= 4 is 33.1 Å². The zero-order valence-electron chi connectivity index (χ0n) is 11.0. The first-order chi connectivity index (χ1) is 9.53. The Morgan fingerprint density at radius 3 is 2.45 bits per heavy atom. The molecule has 20 heavy (non-hydrogen) atoms. The van der Waals surface area contributed by atoms with E-state index in [4.69, 9.17) is 9.47 Å². The highest BCUT2D eigenvalue weighted by molar-refractivity contribution is 7.21. The minimum atomic E-state index is -0.557. The predicted molar refractivity (Wildman–Crippen MR) is 72.9 cm³/mol. The summed E-state index contributed by atoms with van der Waals surface area (Å²) in [6.45, 7) is 0. The fourth-order valence-electron chi connectivity index (χ4n) is 1.83. The van der Waals surface area contributed by atoms with E-state index in [0.29, 0.717) is 20.7 Å². The lowest BCUT2D eigenvalue weighted by molar-refractivity contribution is -0.385. The molecular formula is C12H11NO6S. The lowest BCUT2D eigenvalue weighted by Crippen LogP contribution is -1.96.